The highest BCUT2D eigenvalue weighted by molar-refractivity contribution is 7.98. The molecule has 0 radical (unpaired) electrons. The van der Waals surface area contributed by atoms with E-state index in [0.29, 0.717) is 0 Å². The van der Waals surface area contributed by atoms with Crippen LogP contribution in [-0.2, 0) is 0 Å². The average Bonchev–Trinajstić information content (AvgIpc) is 1.87. The van der Waals surface area contributed by atoms with Crippen LogP contribution in [0.3, 0.4) is 0 Å². The lowest BCUT2D eigenvalue weighted by molar-refractivity contribution is 0.670. The van der Waals surface area contributed by atoms with Crippen LogP contribution in [0, 0.1) is 0 Å². The summed E-state index contributed by atoms with van der Waals surface area (Å²) in [6, 6.07) is 0.736. The van der Waals surface area contributed by atoms with Crippen LogP contribution < -0.4 is 4.72 Å². The molecule has 0 saturated carbocycles. The van der Waals surface area contributed by atoms with Gasteiger partial charge in [-0.3, -0.25) is 4.72 Å². The Morgan fingerprint density at radius 3 is 2.43 bits per heavy atom. The quantitative estimate of drug-likeness (QED) is 0.481. The highest BCUT2D eigenvalue weighted by Crippen LogP contribution is 2.20. The molecule has 1 nitrogen and oxygen atoms in total. The van der Waals surface area contributed by atoms with Crippen LogP contribution in [0.25, 0.3) is 0 Å². The van der Waals surface area contributed by atoms with E-state index >= 15 is 0 Å². The largest absolute Gasteiger partial charge is 0.261 e. The second kappa shape index (κ2) is 2.05. The first-order valence-corrected chi connectivity index (χ1v) is 3.58. The van der Waals surface area contributed by atoms with Crippen molar-refractivity contribution in [2.24, 2.45) is 0 Å². The molecule has 0 amide bonds. The molecule has 42 valence electrons. The van der Waals surface area contributed by atoms with Crippen molar-refractivity contribution in [3.05, 3.63) is 0 Å². The van der Waals surface area contributed by atoms with Gasteiger partial charge in [-0.25, -0.2) is 0 Å². The summed E-state index contributed by atoms with van der Waals surface area (Å²) in [5.41, 5.74) is 0. The lowest BCUT2D eigenvalue weighted by Gasteiger charge is -1.94. The Hall–Kier alpha value is 0.310. The van der Waals surface area contributed by atoms with Crippen LogP contribution in [0.5, 0.6) is 0 Å². The maximum absolute atomic E-state index is 3.29. The van der Waals surface area contributed by atoms with Gasteiger partial charge in [0.15, 0.2) is 0 Å². The van der Waals surface area contributed by atoms with Crippen molar-refractivity contribution in [2.45, 2.75) is 31.6 Å². The normalized spacial score (nSPS) is 42.0. The Morgan fingerprint density at radius 2 is 2.29 bits per heavy atom. The minimum absolute atomic E-state index is 0.736. The van der Waals surface area contributed by atoms with Gasteiger partial charge in [-0.1, -0.05) is 18.9 Å². The maximum Gasteiger partial charge on any atom is 0.0179 e. The van der Waals surface area contributed by atoms with Gasteiger partial charge in [0.2, 0.25) is 0 Å². The van der Waals surface area contributed by atoms with E-state index < -0.39 is 0 Å². The van der Waals surface area contributed by atoms with Crippen LogP contribution in [0.2, 0.25) is 0 Å². The van der Waals surface area contributed by atoms with Gasteiger partial charge in [0.25, 0.3) is 0 Å². The van der Waals surface area contributed by atoms with Crippen LogP contribution in [0.4, 0.5) is 0 Å². The van der Waals surface area contributed by atoms with Crippen molar-refractivity contribution < 1.29 is 0 Å². The molecule has 1 fully saturated rings. The molecule has 1 N–H and O–H groups in total. The molecule has 2 unspecified atom stereocenters. The summed E-state index contributed by atoms with van der Waals surface area (Å²) in [4.78, 5) is 0. The molecule has 0 aromatic rings. The summed E-state index contributed by atoms with van der Waals surface area (Å²) in [5.74, 6) is 0. The van der Waals surface area contributed by atoms with Gasteiger partial charge in [-0.2, -0.15) is 0 Å². The smallest absolute Gasteiger partial charge is 0.0179 e. The Kier molecular flexibility index (Phi) is 1.60. The van der Waals surface area contributed by atoms with Crippen molar-refractivity contribution in [3.8, 4) is 0 Å². The van der Waals surface area contributed by atoms with Crippen molar-refractivity contribution in [3.63, 3.8) is 0 Å². The van der Waals surface area contributed by atoms with Crippen LogP contribution >= 0.6 is 11.9 Å². The van der Waals surface area contributed by atoms with Crippen molar-refractivity contribution in [1.29, 1.82) is 0 Å². The van der Waals surface area contributed by atoms with E-state index in [1.807, 2.05) is 11.9 Å². The van der Waals surface area contributed by atoms with E-state index in [0.717, 1.165) is 11.3 Å². The maximum atomic E-state index is 3.29. The fraction of sp³-hybridized carbons (Fsp3) is 1.00. The number of hydrogen-bond donors (Lipinski definition) is 1. The first-order valence-electron chi connectivity index (χ1n) is 2.70. The fourth-order valence-corrected chi connectivity index (χ4v) is 1.77. The molecular formula is C5H11NS. The number of hydrogen-bond acceptors (Lipinski definition) is 2. The third-order valence-corrected chi connectivity index (χ3v) is 2.29. The Bertz CT molecular complexity index is 57.1. The summed E-state index contributed by atoms with van der Waals surface area (Å²) in [7, 11) is 0. The van der Waals surface area contributed by atoms with Crippen LogP contribution in [-0.4, -0.2) is 11.3 Å². The van der Waals surface area contributed by atoms with E-state index in [-0.39, 0.29) is 0 Å². The number of nitrogens with one attached hydrogen (secondary N) is 1. The lowest BCUT2D eigenvalue weighted by Crippen LogP contribution is -2.09. The zero-order valence-corrected chi connectivity index (χ0v) is 5.59. The topological polar surface area (TPSA) is 12.0 Å². The first kappa shape index (κ1) is 5.45. The SMILES string of the molecule is CC1CC(C)SN1. The van der Waals surface area contributed by atoms with Crippen LogP contribution in [0.1, 0.15) is 20.3 Å². The van der Waals surface area contributed by atoms with E-state index in [4.69, 9.17) is 0 Å². The molecule has 1 saturated heterocycles. The van der Waals surface area contributed by atoms with Crippen LogP contribution in [0.15, 0.2) is 0 Å². The fourth-order valence-electron chi connectivity index (χ4n) is 0.826. The summed E-state index contributed by atoms with van der Waals surface area (Å²) in [6.07, 6.45) is 1.32. The Balaban J connectivity index is 2.26. The Labute approximate surface area is 49.0 Å². The first-order chi connectivity index (χ1) is 3.29. The molecule has 0 bridgehead atoms. The molecule has 1 aliphatic heterocycles. The van der Waals surface area contributed by atoms with Crippen molar-refractivity contribution in [2.75, 3.05) is 0 Å². The minimum atomic E-state index is 0.736. The molecule has 1 rings (SSSR count). The van der Waals surface area contributed by atoms with E-state index in [9.17, 15) is 0 Å². The monoisotopic (exact) mass is 117 g/mol. The van der Waals surface area contributed by atoms with Gasteiger partial charge in [-0.15, -0.1) is 0 Å². The van der Waals surface area contributed by atoms with Gasteiger partial charge in [0.05, 0.1) is 0 Å². The molecule has 0 aromatic carbocycles. The molecule has 0 aromatic heterocycles. The zero-order valence-electron chi connectivity index (χ0n) is 4.77. The predicted octanol–water partition coefficient (Wildman–Crippen LogP) is 1.40. The zero-order chi connectivity index (χ0) is 5.28. The molecule has 1 heterocycles. The second-order valence-corrected chi connectivity index (χ2v) is 3.46. The van der Waals surface area contributed by atoms with Crippen molar-refractivity contribution in [1.82, 2.24) is 4.72 Å². The second-order valence-electron chi connectivity index (χ2n) is 2.18. The van der Waals surface area contributed by atoms with E-state index in [2.05, 4.69) is 18.6 Å². The summed E-state index contributed by atoms with van der Waals surface area (Å²) >= 11 is 1.86. The average molecular weight is 117 g/mol. The van der Waals surface area contributed by atoms with E-state index in [1.165, 1.54) is 6.42 Å². The summed E-state index contributed by atoms with van der Waals surface area (Å²) in [5, 5.41) is 0.829. The minimum Gasteiger partial charge on any atom is -0.261 e. The Morgan fingerprint density at radius 1 is 1.57 bits per heavy atom. The van der Waals surface area contributed by atoms with Gasteiger partial charge >= 0.3 is 0 Å². The molecule has 2 heteroatoms. The summed E-state index contributed by atoms with van der Waals surface area (Å²) in [6.45, 7) is 4.47. The summed E-state index contributed by atoms with van der Waals surface area (Å²) < 4.78 is 3.29. The van der Waals surface area contributed by atoms with E-state index in [1.54, 1.807) is 0 Å². The standard InChI is InChI=1S/C5H11NS/c1-4-3-5(2)7-6-4/h4-6H,3H2,1-2H3. The predicted molar refractivity (Wildman–Crippen MR) is 34.3 cm³/mol. The molecule has 7 heavy (non-hydrogen) atoms. The molecular weight excluding hydrogens is 106 g/mol. The third-order valence-electron chi connectivity index (χ3n) is 1.16. The molecule has 1 aliphatic rings. The van der Waals surface area contributed by atoms with Gasteiger partial charge in [0, 0.05) is 11.3 Å². The van der Waals surface area contributed by atoms with Gasteiger partial charge in [-0.05, 0) is 13.3 Å². The highest BCUT2D eigenvalue weighted by atomic mass is 32.2. The van der Waals surface area contributed by atoms with Gasteiger partial charge < -0.3 is 0 Å². The lowest BCUT2D eigenvalue weighted by atomic mass is 10.2. The molecule has 2 atom stereocenters. The molecule has 0 spiro atoms. The number of rotatable bonds is 0. The highest BCUT2D eigenvalue weighted by Gasteiger charge is 2.15. The molecule has 0 aliphatic carbocycles. The van der Waals surface area contributed by atoms with Crippen molar-refractivity contribution >= 4 is 11.9 Å². The third kappa shape index (κ3) is 1.35. The van der Waals surface area contributed by atoms with Gasteiger partial charge in [0.1, 0.15) is 0 Å².